The molecule has 0 spiro atoms. The molecule has 102 valence electrons. The first-order valence-corrected chi connectivity index (χ1v) is 7.65. The number of nitrogens with two attached hydrogens (primary N) is 1. The summed E-state index contributed by atoms with van der Waals surface area (Å²) < 4.78 is 26.7. The van der Waals surface area contributed by atoms with Crippen LogP contribution in [-0.2, 0) is 16.6 Å². The first kappa shape index (κ1) is 13.9. The minimum absolute atomic E-state index is 0.0127. The summed E-state index contributed by atoms with van der Waals surface area (Å²) in [5, 5.41) is 0.889. The quantitative estimate of drug-likeness (QED) is 0.551. The van der Waals surface area contributed by atoms with Crippen molar-refractivity contribution in [2.24, 2.45) is 5.84 Å². The van der Waals surface area contributed by atoms with Crippen molar-refractivity contribution in [3.63, 3.8) is 0 Å². The fourth-order valence-corrected chi connectivity index (χ4v) is 3.40. The molecule has 0 radical (unpaired) electrons. The molecular formula is C10H13N5O2S2. The van der Waals surface area contributed by atoms with Crippen molar-refractivity contribution in [3.05, 3.63) is 34.4 Å². The standard InChI is InChI=1S/C10H13N5O2S2/c1-7-13-5-8(18-7)6-14-19(16,17)9-3-2-4-12-10(9)15-11/h2-5,14H,6,11H2,1H3,(H,12,15). The van der Waals surface area contributed by atoms with E-state index in [4.69, 9.17) is 5.84 Å². The fraction of sp³-hybridized carbons (Fsp3) is 0.200. The Morgan fingerprint density at radius 1 is 1.42 bits per heavy atom. The second-order valence-electron chi connectivity index (χ2n) is 3.66. The van der Waals surface area contributed by atoms with Gasteiger partial charge in [0.1, 0.15) is 4.90 Å². The molecule has 4 N–H and O–H groups in total. The van der Waals surface area contributed by atoms with E-state index in [1.54, 1.807) is 6.20 Å². The van der Waals surface area contributed by atoms with Gasteiger partial charge in [-0.3, -0.25) is 0 Å². The summed E-state index contributed by atoms with van der Waals surface area (Å²) in [4.78, 5) is 8.77. The van der Waals surface area contributed by atoms with Crippen LogP contribution in [0, 0.1) is 6.92 Å². The van der Waals surface area contributed by atoms with E-state index in [2.05, 4.69) is 20.1 Å². The van der Waals surface area contributed by atoms with Crippen LogP contribution in [0.15, 0.2) is 29.4 Å². The van der Waals surface area contributed by atoms with Gasteiger partial charge in [0.15, 0.2) is 5.82 Å². The van der Waals surface area contributed by atoms with Gasteiger partial charge in [0, 0.05) is 23.8 Å². The zero-order valence-corrected chi connectivity index (χ0v) is 11.8. The highest BCUT2D eigenvalue weighted by molar-refractivity contribution is 7.89. The first-order valence-electron chi connectivity index (χ1n) is 5.35. The molecule has 2 heterocycles. The summed E-state index contributed by atoms with van der Waals surface area (Å²) in [6, 6.07) is 2.97. The fourth-order valence-electron chi connectivity index (χ4n) is 1.45. The average Bonchev–Trinajstić information content (AvgIpc) is 2.82. The van der Waals surface area contributed by atoms with Crippen LogP contribution in [0.1, 0.15) is 9.88 Å². The molecule has 0 fully saturated rings. The Kier molecular flexibility index (Phi) is 4.10. The number of nitrogens with one attached hydrogen (secondary N) is 2. The van der Waals surface area contributed by atoms with Gasteiger partial charge < -0.3 is 5.43 Å². The lowest BCUT2D eigenvalue weighted by molar-refractivity contribution is 0.581. The van der Waals surface area contributed by atoms with Gasteiger partial charge in [0.05, 0.1) is 5.01 Å². The van der Waals surface area contributed by atoms with E-state index >= 15 is 0 Å². The molecule has 2 aromatic heterocycles. The Morgan fingerprint density at radius 2 is 2.21 bits per heavy atom. The zero-order chi connectivity index (χ0) is 13.9. The molecule has 0 aliphatic heterocycles. The molecule has 2 rings (SSSR count). The summed E-state index contributed by atoms with van der Waals surface area (Å²) in [6.07, 6.45) is 3.11. The van der Waals surface area contributed by atoms with E-state index in [9.17, 15) is 8.42 Å². The summed E-state index contributed by atoms with van der Waals surface area (Å²) in [5.41, 5.74) is 2.26. The van der Waals surface area contributed by atoms with Crippen LogP contribution >= 0.6 is 11.3 Å². The molecule has 7 nitrogen and oxygen atoms in total. The van der Waals surface area contributed by atoms with Gasteiger partial charge in [-0.15, -0.1) is 11.3 Å². The maximum Gasteiger partial charge on any atom is 0.244 e. The second-order valence-corrected chi connectivity index (χ2v) is 6.72. The van der Waals surface area contributed by atoms with E-state index in [1.807, 2.05) is 6.92 Å². The maximum atomic E-state index is 12.1. The van der Waals surface area contributed by atoms with Crippen LogP contribution in [0.4, 0.5) is 5.82 Å². The summed E-state index contributed by atoms with van der Waals surface area (Å²) in [7, 11) is -3.67. The number of rotatable bonds is 5. The van der Waals surface area contributed by atoms with Gasteiger partial charge in [-0.2, -0.15) is 0 Å². The van der Waals surface area contributed by atoms with Gasteiger partial charge >= 0.3 is 0 Å². The highest BCUT2D eigenvalue weighted by Gasteiger charge is 2.18. The molecule has 19 heavy (non-hydrogen) atoms. The molecule has 0 atom stereocenters. The molecular weight excluding hydrogens is 286 g/mol. The number of aryl methyl sites for hydroxylation is 1. The van der Waals surface area contributed by atoms with Crippen molar-refractivity contribution in [1.29, 1.82) is 0 Å². The van der Waals surface area contributed by atoms with E-state index in [-0.39, 0.29) is 17.3 Å². The van der Waals surface area contributed by atoms with Crippen molar-refractivity contribution in [2.45, 2.75) is 18.4 Å². The third-order valence-electron chi connectivity index (χ3n) is 2.30. The normalized spacial score (nSPS) is 11.5. The highest BCUT2D eigenvalue weighted by Crippen LogP contribution is 2.18. The van der Waals surface area contributed by atoms with E-state index in [0.29, 0.717) is 0 Å². The van der Waals surface area contributed by atoms with Crippen LogP contribution in [0.5, 0.6) is 0 Å². The van der Waals surface area contributed by atoms with Crippen molar-refractivity contribution < 1.29 is 8.42 Å². The number of hydrogen-bond acceptors (Lipinski definition) is 7. The molecule has 2 aromatic rings. The van der Waals surface area contributed by atoms with Gasteiger partial charge in [-0.1, -0.05) is 0 Å². The molecule has 0 aliphatic rings. The number of sulfonamides is 1. The Bertz CT molecular complexity index is 668. The molecule has 0 unspecified atom stereocenters. The largest absolute Gasteiger partial charge is 0.307 e. The number of hydrogen-bond donors (Lipinski definition) is 3. The third kappa shape index (κ3) is 3.26. The monoisotopic (exact) mass is 299 g/mol. The van der Waals surface area contributed by atoms with Gasteiger partial charge in [-0.25, -0.2) is 29.0 Å². The summed E-state index contributed by atoms with van der Waals surface area (Å²) in [6.45, 7) is 2.05. The summed E-state index contributed by atoms with van der Waals surface area (Å²) >= 11 is 1.44. The predicted molar refractivity (Wildman–Crippen MR) is 72.9 cm³/mol. The Labute approximate surface area is 114 Å². The van der Waals surface area contributed by atoms with Crippen LogP contribution in [0.3, 0.4) is 0 Å². The van der Waals surface area contributed by atoms with Crippen molar-refractivity contribution in [2.75, 3.05) is 5.43 Å². The van der Waals surface area contributed by atoms with E-state index in [1.165, 1.54) is 29.7 Å². The SMILES string of the molecule is Cc1ncc(CNS(=O)(=O)c2cccnc2NN)s1. The molecule has 9 heteroatoms. The van der Waals surface area contributed by atoms with E-state index in [0.717, 1.165) is 9.88 Å². The number of thiazole rings is 1. The zero-order valence-electron chi connectivity index (χ0n) is 10.1. The smallest absolute Gasteiger partial charge is 0.244 e. The number of hydrazine groups is 1. The minimum atomic E-state index is -3.67. The van der Waals surface area contributed by atoms with Crippen LogP contribution < -0.4 is 16.0 Å². The van der Waals surface area contributed by atoms with Crippen molar-refractivity contribution in [3.8, 4) is 0 Å². The molecule has 0 saturated heterocycles. The van der Waals surface area contributed by atoms with Crippen LogP contribution in [-0.4, -0.2) is 18.4 Å². The maximum absolute atomic E-state index is 12.1. The molecule has 0 bridgehead atoms. The van der Waals surface area contributed by atoms with Crippen LogP contribution in [0.2, 0.25) is 0 Å². The molecule has 0 aliphatic carbocycles. The van der Waals surface area contributed by atoms with E-state index < -0.39 is 10.0 Å². The molecule has 0 aromatic carbocycles. The molecule has 0 saturated carbocycles. The van der Waals surface area contributed by atoms with Crippen LogP contribution in [0.25, 0.3) is 0 Å². The molecule has 0 amide bonds. The Morgan fingerprint density at radius 3 is 2.84 bits per heavy atom. The average molecular weight is 299 g/mol. The van der Waals surface area contributed by atoms with Gasteiger partial charge in [0.2, 0.25) is 10.0 Å². The summed E-state index contributed by atoms with van der Waals surface area (Å²) in [5.74, 6) is 5.35. The second kappa shape index (κ2) is 5.61. The van der Waals surface area contributed by atoms with Gasteiger partial charge in [0.25, 0.3) is 0 Å². The number of anilines is 1. The first-order chi connectivity index (χ1) is 9.03. The van der Waals surface area contributed by atoms with Crippen molar-refractivity contribution >= 4 is 27.2 Å². The minimum Gasteiger partial charge on any atom is -0.307 e. The Hall–Kier alpha value is -1.55. The third-order valence-corrected chi connectivity index (χ3v) is 4.65. The highest BCUT2D eigenvalue weighted by atomic mass is 32.2. The Balaban J connectivity index is 2.18. The van der Waals surface area contributed by atoms with Gasteiger partial charge in [-0.05, 0) is 19.1 Å². The lowest BCUT2D eigenvalue weighted by Gasteiger charge is -2.09. The predicted octanol–water partition coefficient (Wildman–Crippen LogP) is 0.611. The number of nitrogen functional groups attached to an aromatic ring is 1. The lowest BCUT2D eigenvalue weighted by Crippen LogP contribution is -2.25. The number of aromatic nitrogens is 2. The number of nitrogens with zero attached hydrogens (tertiary/aromatic N) is 2. The lowest BCUT2D eigenvalue weighted by atomic mass is 10.5. The number of pyridine rings is 1. The topological polar surface area (TPSA) is 110 Å². The van der Waals surface area contributed by atoms with Crippen molar-refractivity contribution in [1.82, 2.24) is 14.7 Å².